The van der Waals surface area contributed by atoms with Crippen molar-refractivity contribution in [2.75, 3.05) is 12.3 Å². The third-order valence-corrected chi connectivity index (χ3v) is 12.3. The maximum Gasteiger partial charge on any atom is 0.165 e. The Morgan fingerprint density at radius 3 is 1.98 bits per heavy atom. The molecule has 0 aliphatic heterocycles. The van der Waals surface area contributed by atoms with Gasteiger partial charge in [0.1, 0.15) is 14.6 Å². The van der Waals surface area contributed by atoms with Crippen molar-refractivity contribution in [1.29, 1.82) is 0 Å². The van der Waals surface area contributed by atoms with Gasteiger partial charge in [-0.25, -0.2) is 4.98 Å². The minimum atomic E-state index is -1.14. The molecular formula is C38H43N3O2Si. The van der Waals surface area contributed by atoms with E-state index in [-0.39, 0.29) is 12.4 Å². The topological polar surface area (TPSA) is 92.0 Å². The first-order valence-corrected chi connectivity index (χ1v) is 17.0. The summed E-state index contributed by atoms with van der Waals surface area (Å²) in [5, 5.41) is 13.2. The van der Waals surface area contributed by atoms with Gasteiger partial charge in [-0.2, -0.15) is 0 Å². The van der Waals surface area contributed by atoms with E-state index < -0.39 is 14.2 Å². The number of carbonyl (C=O) groups excluding carboxylic acids is 1. The molecule has 4 N–H and O–H groups in total. The van der Waals surface area contributed by atoms with Gasteiger partial charge in [0.15, 0.2) is 5.78 Å². The smallest absolute Gasteiger partial charge is 0.165 e. The number of aliphatic hydroxyl groups is 1. The van der Waals surface area contributed by atoms with Gasteiger partial charge in [-0.15, -0.1) is 0 Å². The number of Topliss-reactive ketones (excluding diaryl/α,β-unsaturated/α-hetero) is 1. The van der Waals surface area contributed by atoms with Crippen LogP contribution in [0.5, 0.6) is 0 Å². The van der Waals surface area contributed by atoms with Crippen molar-refractivity contribution < 1.29 is 9.90 Å². The highest BCUT2D eigenvalue weighted by Crippen LogP contribution is 2.40. The minimum Gasteiger partial charge on any atom is -0.396 e. The summed E-state index contributed by atoms with van der Waals surface area (Å²) in [7, 11) is -1.14. The third kappa shape index (κ3) is 7.09. The second-order valence-corrected chi connectivity index (χ2v) is 17.3. The molecular weight excluding hydrogens is 559 g/mol. The van der Waals surface area contributed by atoms with Crippen molar-refractivity contribution in [2.45, 2.75) is 52.0 Å². The number of hydrogen-bond donors (Lipinski definition) is 3. The average Bonchev–Trinajstić information content (AvgIpc) is 3.36. The first kappa shape index (κ1) is 31.2. The predicted molar refractivity (Wildman–Crippen MR) is 185 cm³/mol. The number of benzene rings is 3. The summed E-state index contributed by atoms with van der Waals surface area (Å²) in [5.41, 5.74) is 11.1. The average molecular weight is 602 g/mol. The van der Waals surface area contributed by atoms with Crippen LogP contribution >= 0.6 is 0 Å². The molecule has 226 valence electrons. The molecule has 0 fully saturated rings. The molecule has 0 saturated heterocycles. The zero-order chi connectivity index (χ0) is 31.3. The molecule has 5 nitrogen and oxygen atoms in total. The first-order chi connectivity index (χ1) is 21.1. The number of fused-ring (bicyclic) bond motifs is 1. The third-order valence-electron chi connectivity index (χ3n) is 8.46. The number of H-pyrrole nitrogens is 1. The number of aliphatic hydroxyl groups excluding tert-OH is 1. The van der Waals surface area contributed by atoms with Crippen LogP contribution in [0.4, 0.5) is 5.82 Å². The first-order valence-electron chi connectivity index (χ1n) is 15.3. The van der Waals surface area contributed by atoms with Crippen molar-refractivity contribution in [2.24, 2.45) is 5.41 Å². The number of nitrogens with zero attached hydrogens (tertiary/aromatic N) is 1. The molecule has 6 rings (SSSR count). The standard InChI is InChI=1S/C22H23N3O2.C16H20Si/c1-22(13-26)11-17-20(18(27)12-22)16(9-14-5-3-2-4-6-14)21(25-17)15-7-8-24-19(23)10-15;1-16(2,3)17(14-10-6-4-7-11-14)15-12-8-5-9-13-15/h2-8,10,25-26H,9,11-13H2,1H3,(H2,23,24);4-13,17H,1-3H3. The lowest BCUT2D eigenvalue weighted by Crippen LogP contribution is -2.48. The van der Waals surface area contributed by atoms with Crippen LogP contribution in [0.2, 0.25) is 5.04 Å². The minimum absolute atomic E-state index is 0.0112. The summed E-state index contributed by atoms with van der Waals surface area (Å²) in [5.74, 6) is 0.528. The lowest BCUT2D eigenvalue weighted by atomic mass is 9.74. The van der Waals surface area contributed by atoms with Gasteiger partial charge < -0.3 is 15.8 Å². The molecule has 1 aliphatic carbocycles. The van der Waals surface area contributed by atoms with E-state index in [9.17, 15) is 9.90 Å². The van der Waals surface area contributed by atoms with Crippen LogP contribution in [-0.4, -0.2) is 36.3 Å². The van der Waals surface area contributed by atoms with Crippen molar-refractivity contribution in [3.63, 3.8) is 0 Å². The van der Waals surface area contributed by atoms with Crippen LogP contribution < -0.4 is 16.1 Å². The van der Waals surface area contributed by atoms with E-state index in [0.717, 1.165) is 33.6 Å². The van der Waals surface area contributed by atoms with Crippen LogP contribution in [0.15, 0.2) is 109 Å². The molecule has 0 bridgehead atoms. The number of nitrogen functional groups attached to an aromatic ring is 1. The Morgan fingerprint density at radius 1 is 0.886 bits per heavy atom. The maximum absolute atomic E-state index is 13.0. The van der Waals surface area contributed by atoms with Gasteiger partial charge in [0.2, 0.25) is 0 Å². The number of pyridine rings is 1. The van der Waals surface area contributed by atoms with Gasteiger partial charge in [0.05, 0.1) is 5.69 Å². The number of hydrogen-bond acceptors (Lipinski definition) is 4. The van der Waals surface area contributed by atoms with Crippen LogP contribution in [0.25, 0.3) is 11.3 Å². The highest BCUT2D eigenvalue weighted by atomic mass is 28.3. The van der Waals surface area contributed by atoms with E-state index in [4.69, 9.17) is 5.73 Å². The number of carbonyl (C=O) groups is 1. The Hall–Kier alpha value is -4.26. The highest BCUT2D eigenvalue weighted by Gasteiger charge is 2.38. The quantitative estimate of drug-likeness (QED) is 0.202. The van der Waals surface area contributed by atoms with E-state index in [1.165, 1.54) is 10.4 Å². The number of anilines is 1. The Morgan fingerprint density at radius 2 is 1.45 bits per heavy atom. The largest absolute Gasteiger partial charge is 0.396 e. The Labute approximate surface area is 262 Å². The van der Waals surface area contributed by atoms with Crippen LogP contribution in [-0.2, 0) is 12.8 Å². The number of nitrogens with one attached hydrogen (secondary N) is 1. The molecule has 3 aromatic carbocycles. The summed E-state index contributed by atoms with van der Waals surface area (Å²) in [6.45, 7) is 9.04. The lowest BCUT2D eigenvalue weighted by molar-refractivity contribution is 0.0784. The second-order valence-electron chi connectivity index (χ2n) is 13.3. The number of aromatic amines is 1. The monoisotopic (exact) mass is 601 g/mol. The van der Waals surface area contributed by atoms with Gasteiger partial charge in [-0.05, 0) is 34.7 Å². The molecule has 0 saturated carbocycles. The van der Waals surface area contributed by atoms with E-state index >= 15 is 0 Å². The molecule has 2 heterocycles. The van der Waals surface area contributed by atoms with Gasteiger partial charge in [-0.3, -0.25) is 4.79 Å². The molecule has 6 heteroatoms. The fraction of sp³-hybridized carbons (Fsp3) is 0.263. The summed E-state index contributed by atoms with van der Waals surface area (Å²) in [6.07, 6.45) is 3.34. The normalized spacial score (nSPS) is 16.3. The predicted octanol–water partition coefficient (Wildman–Crippen LogP) is 6.21. The summed E-state index contributed by atoms with van der Waals surface area (Å²) in [6, 6.07) is 35.8. The zero-order valence-corrected chi connectivity index (χ0v) is 27.3. The molecule has 0 amide bonds. The molecule has 0 radical (unpaired) electrons. The molecule has 1 aliphatic rings. The second kappa shape index (κ2) is 13.2. The van der Waals surface area contributed by atoms with E-state index in [2.05, 4.69) is 104 Å². The lowest BCUT2D eigenvalue weighted by Gasteiger charge is -2.30. The van der Waals surface area contributed by atoms with Crippen LogP contribution in [0, 0.1) is 5.41 Å². The Balaban J connectivity index is 0.000000195. The van der Waals surface area contributed by atoms with E-state index in [0.29, 0.717) is 30.1 Å². The van der Waals surface area contributed by atoms with Gasteiger partial charge in [0.25, 0.3) is 0 Å². The van der Waals surface area contributed by atoms with Crippen LogP contribution in [0.1, 0.15) is 61.3 Å². The molecule has 2 aromatic heterocycles. The summed E-state index contributed by atoms with van der Waals surface area (Å²) in [4.78, 5) is 20.6. The Kier molecular flexibility index (Phi) is 9.32. The van der Waals surface area contributed by atoms with Gasteiger partial charge in [0, 0.05) is 47.9 Å². The maximum atomic E-state index is 13.0. The Bertz CT molecular complexity index is 1660. The van der Waals surface area contributed by atoms with E-state index in [1.54, 1.807) is 6.20 Å². The molecule has 1 unspecified atom stereocenters. The van der Waals surface area contributed by atoms with Crippen molar-refractivity contribution >= 4 is 30.8 Å². The summed E-state index contributed by atoms with van der Waals surface area (Å²) < 4.78 is 0. The molecule has 44 heavy (non-hydrogen) atoms. The molecule has 5 aromatic rings. The fourth-order valence-electron chi connectivity index (χ4n) is 6.45. The zero-order valence-electron chi connectivity index (χ0n) is 26.2. The van der Waals surface area contributed by atoms with Crippen molar-refractivity contribution in [1.82, 2.24) is 9.97 Å². The SMILES string of the molecule is CC(C)(C)[SiH](c1ccccc1)c1ccccc1.CC1(CO)CC(=O)c2c([nH]c(-c3ccnc(N)c3)c2Cc2ccccc2)C1. The molecule has 0 spiro atoms. The fourth-order valence-corrected chi connectivity index (χ4v) is 10.1. The molecule has 1 atom stereocenters. The number of ketones is 1. The van der Waals surface area contributed by atoms with Crippen molar-refractivity contribution in [3.8, 4) is 11.3 Å². The highest BCUT2D eigenvalue weighted by molar-refractivity contribution is 6.87. The number of rotatable bonds is 6. The van der Waals surface area contributed by atoms with Crippen LogP contribution in [0.3, 0.4) is 0 Å². The van der Waals surface area contributed by atoms with Gasteiger partial charge >= 0.3 is 0 Å². The van der Waals surface area contributed by atoms with Gasteiger partial charge in [-0.1, -0.05) is 129 Å². The van der Waals surface area contributed by atoms with E-state index in [1.807, 2.05) is 37.3 Å². The number of nitrogens with two attached hydrogens (primary N) is 1. The van der Waals surface area contributed by atoms with Crippen molar-refractivity contribution in [3.05, 3.63) is 132 Å². The summed E-state index contributed by atoms with van der Waals surface area (Å²) >= 11 is 0. The number of aromatic nitrogens is 2.